The first-order chi connectivity index (χ1) is 13.2. The van der Waals surface area contributed by atoms with Crippen LogP contribution in [0.25, 0.3) is 10.9 Å². The standard InChI is InChI=1S/C22H27N3O2/c26-20-14-24(22(27)15-6-2-1-3-7-15)12-11-19-21-17(10-13-25(19)20)16-8-4-5-9-18(16)23-21/h4-5,8-9,15,19,23H,1-3,6-7,10-14H2. The number of hydrogen-bond acceptors (Lipinski definition) is 2. The maximum absolute atomic E-state index is 13.0. The number of hydrogen-bond donors (Lipinski definition) is 1. The zero-order valence-corrected chi connectivity index (χ0v) is 15.7. The third kappa shape index (κ3) is 2.84. The molecule has 2 amide bonds. The summed E-state index contributed by atoms with van der Waals surface area (Å²) < 4.78 is 0. The third-order valence-corrected chi connectivity index (χ3v) is 6.74. The molecule has 1 saturated heterocycles. The Morgan fingerprint density at radius 2 is 1.85 bits per heavy atom. The Labute approximate surface area is 159 Å². The van der Waals surface area contributed by atoms with Gasteiger partial charge in [-0.05, 0) is 37.3 Å². The van der Waals surface area contributed by atoms with Crippen LogP contribution in [0.5, 0.6) is 0 Å². The van der Waals surface area contributed by atoms with E-state index in [2.05, 4.69) is 23.2 Å². The second-order valence-corrected chi connectivity index (χ2v) is 8.30. The lowest BCUT2D eigenvalue weighted by Crippen LogP contribution is -2.44. The molecule has 0 bridgehead atoms. The van der Waals surface area contributed by atoms with Gasteiger partial charge in [-0.3, -0.25) is 9.59 Å². The number of fused-ring (bicyclic) bond motifs is 5. The van der Waals surface area contributed by atoms with E-state index in [1.54, 1.807) is 0 Å². The van der Waals surface area contributed by atoms with Crippen molar-refractivity contribution in [3.05, 3.63) is 35.5 Å². The fraction of sp³-hybridized carbons (Fsp3) is 0.545. The number of H-pyrrole nitrogens is 1. The topological polar surface area (TPSA) is 56.4 Å². The first-order valence-electron chi connectivity index (χ1n) is 10.4. The van der Waals surface area contributed by atoms with Gasteiger partial charge >= 0.3 is 0 Å². The molecule has 2 aliphatic heterocycles. The van der Waals surface area contributed by atoms with Gasteiger partial charge in [-0.2, -0.15) is 0 Å². The summed E-state index contributed by atoms with van der Waals surface area (Å²) in [7, 11) is 0. The normalized spacial score (nSPS) is 23.9. The van der Waals surface area contributed by atoms with Crippen LogP contribution in [0, 0.1) is 5.92 Å². The molecule has 1 atom stereocenters. The Morgan fingerprint density at radius 3 is 2.70 bits per heavy atom. The summed E-state index contributed by atoms with van der Waals surface area (Å²) in [6.07, 6.45) is 7.21. The molecular weight excluding hydrogens is 338 g/mol. The number of aromatic nitrogens is 1. The maximum Gasteiger partial charge on any atom is 0.242 e. The molecule has 3 aliphatic rings. The summed E-state index contributed by atoms with van der Waals surface area (Å²) in [6, 6.07) is 8.46. The molecule has 5 rings (SSSR count). The molecule has 1 N–H and O–H groups in total. The molecule has 0 radical (unpaired) electrons. The van der Waals surface area contributed by atoms with Gasteiger partial charge in [0.2, 0.25) is 11.8 Å². The fourth-order valence-corrected chi connectivity index (χ4v) is 5.32. The number of nitrogens with one attached hydrogen (secondary N) is 1. The molecule has 2 aromatic rings. The molecule has 3 heterocycles. The summed E-state index contributed by atoms with van der Waals surface area (Å²) in [5.74, 6) is 0.441. The second kappa shape index (κ2) is 6.70. The van der Waals surface area contributed by atoms with Crippen LogP contribution in [0.1, 0.15) is 55.8 Å². The smallest absolute Gasteiger partial charge is 0.242 e. The van der Waals surface area contributed by atoms with Gasteiger partial charge in [0.25, 0.3) is 0 Å². The van der Waals surface area contributed by atoms with E-state index in [0.717, 1.165) is 50.6 Å². The minimum Gasteiger partial charge on any atom is -0.356 e. The average Bonchev–Trinajstić information content (AvgIpc) is 3.00. The zero-order chi connectivity index (χ0) is 18.4. The lowest BCUT2D eigenvalue weighted by atomic mass is 9.88. The van der Waals surface area contributed by atoms with E-state index < -0.39 is 0 Å². The van der Waals surface area contributed by atoms with Crippen LogP contribution in [0.2, 0.25) is 0 Å². The number of amides is 2. The summed E-state index contributed by atoms with van der Waals surface area (Å²) in [4.78, 5) is 33.4. The van der Waals surface area contributed by atoms with Gasteiger partial charge in [-0.1, -0.05) is 37.5 Å². The highest BCUT2D eigenvalue weighted by molar-refractivity contribution is 5.89. The van der Waals surface area contributed by atoms with Crippen LogP contribution in [-0.2, 0) is 16.0 Å². The first kappa shape index (κ1) is 16.8. The molecule has 5 heteroatoms. The van der Waals surface area contributed by atoms with Crippen molar-refractivity contribution in [2.75, 3.05) is 19.6 Å². The minimum atomic E-state index is 0.0674. The Bertz CT molecular complexity index is 881. The SMILES string of the molecule is O=C(C1CCCCC1)N1CCC2c3[nH]c4ccccc4c3CCN2C(=O)C1. The lowest BCUT2D eigenvalue weighted by Gasteiger charge is -2.34. The first-order valence-corrected chi connectivity index (χ1v) is 10.4. The van der Waals surface area contributed by atoms with Gasteiger partial charge in [0, 0.05) is 35.6 Å². The number of rotatable bonds is 1. The molecule has 1 unspecified atom stereocenters. The molecule has 1 aromatic carbocycles. The summed E-state index contributed by atoms with van der Waals surface area (Å²) in [5, 5.41) is 1.28. The molecule has 0 spiro atoms. The lowest BCUT2D eigenvalue weighted by molar-refractivity contribution is -0.142. The summed E-state index contributed by atoms with van der Waals surface area (Å²) in [6.45, 7) is 1.68. The highest BCUT2D eigenvalue weighted by Gasteiger charge is 2.38. The molecule has 5 nitrogen and oxygen atoms in total. The van der Waals surface area contributed by atoms with Crippen LogP contribution in [0.15, 0.2) is 24.3 Å². The Hall–Kier alpha value is -2.30. The van der Waals surface area contributed by atoms with E-state index in [1.165, 1.54) is 23.1 Å². The molecule has 1 aliphatic carbocycles. The predicted molar refractivity (Wildman–Crippen MR) is 104 cm³/mol. The average molecular weight is 365 g/mol. The zero-order valence-electron chi connectivity index (χ0n) is 15.7. The van der Waals surface area contributed by atoms with Gasteiger partial charge in [0.05, 0.1) is 12.6 Å². The Morgan fingerprint density at radius 1 is 1.04 bits per heavy atom. The number of carbonyl (C=O) groups excluding carboxylic acids is 2. The molecule has 1 saturated carbocycles. The van der Waals surface area contributed by atoms with Crippen molar-refractivity contribution in [3.63, 3.8) is 0 Å². The van der Waals surface area contributed by atoms with E-state index in [1.807, 2.05) is 15.9 Å². The highest BCUT2D eigenvalue weighted by Crippen LogP contribution is 2.38. The Kier molecular flexibility index (Phi) is 4.18. The van der Waals surface area contributed by atoms with Gasteiger partial charge in [0.1, 0.15) is 0 Å². The van der Waals surface area contributed by atoms with Crippen LogP contribution >= 0.6 is 0 Å². The maximum atomic E-state index is 13.0. The van der Waals surface area contributed by atoms with Gasteiger partial charge in [-0.25, -0.2) is 0 Å². The molecule has 2 fully saturated rings. The van der Waals surface area contributed by atoms with Crippen LogP contribution in [0.4, 0.5) is 0 Å². The van der Waals surface area contributed by atoms with E-state index in [9.17, 15) is 9.59 Å². The van der Waals surface area contributed by atoms with Crippen molar-refractivity contribution < 1.29 is 9.59 Å². The van der Waals surface area contributed by atoms with Gasteiger partial charge in [0.15, 0.2) is 0 Å². The second-order valence-electron chi connectivity index (χ2n) is 8.30. The van der Waals surface area contributed by atoms with E-state index in [0.29, 0.717) is 6.54 Å². The third-order valence-electron chi connectivity index (χ3n) is 6.74. The predicted octanol–water partition coefficient (Wildman–Crippen LogP) is 3.41. The van der Waals surface area contributed by atoms with Gasteiger partial charge in [-0.15, -0.1) is 0 Å². The minimum absolute atomic E-state index is 0.0674. The monoisotopic (exact) mass is 365 g/mol. The molecule has 142 valence electrons. The van der Waals surface area contributed by atoms with Crippen molar-refractivity contribution in [2.24, 2.45) is 5.92 Å². The molecular formula is C22H27N3O2. The van der Waals surface area contributed by atoms with Crippen LogP contribution < -0.4 is 0 Å². The van der Waals surface area contributed by atoms with Crippen molar-refractivity contribution >= 4 is 22.7 Å². The van der Waals surface area contributed by atoms with Gasteiger partial charge < -0.3 is 14.8 Å². The number of carbonyl (C=O) groups is 2. The molecule has 27 heavy (non-hydrogen) atoms. The van der Waals surface area contributed by atoms with E-state index >= 15 is 0 Å². The molecule has 1 aromatic heterocycles. The van der Waals surface area contributed by atoms with Crippen molar-refractivity contribution in [1.82, 2.24) is 14.8 Å². The largest absolute Gasteiger partial charge is 0.356 e. The summed E-state index contributed by atoms with van der Waals surface area (Å²) in [5.41, 5.74) is 3.69. The number of nitrogens with zero attached hydrogens (tertiary/aromatic N) is 2. The van der Waals surface area contributed by atoms with E-state index in [-0.39, 0.29) is 30.3 Å². The van der Waals surface area contributed by atoms with Crippen molar-refractivity contribution in [3.8, 4) is 0 Å². The van der Waals surface area contributed by atoms with Crippen LogP contribution in [-0.4, -0.2) is 46.2 Å². The number of aromatic amines is 1. The Balaban J connectivity index is 1.42. The summed E-state index contributed by atoms with van der Waals surface area (Å²) >= 11 is 0. The van der Waals surface area contributed by atoms with E-state index in [4.69, 9.17) is 0 Å². The fourth-order valence-electron chi connectivity index (χ4n) is 5.32. The van der Waals surface area contributed by atoms with Crippen LogP contribution in [0.3, 0.4) is 0 Å². The quantitative estimate of drug-likeness (QED) is 0.842. The van der Waals surface area contributed by atoms with Crippen molar-refractivity contribution in [1.29, 1.82) is 0 Å². The number of benzene rings is 1. The highest BCUT2D eigenvalue weighted by atomic mass is 16.2. The van der Waals surface area contributed by atoms with Crippen molar-refractivity contribution in [2.45, 2.75) is 51.0 Å². The number of para-hydroxylation sites is 1.